The van der Waals surface area contributed by atoms with Gasteiger partial charge in [0.2, 0.25) is 0 Å². The zero-order valence-corrected chi connectivity index (χ0v) is 19.0. The van der Waals surface area contributed by atoms with Gasteiger partial charge in [0.25, 0.3) is 5.69 Å². The lowest BCUT2D eigenvalue weighted by molar-refractivity contribution is -0.385. The number of ketones is 1. The number of carbonyl (C=O) groups excluding carboxylic acids is 2. The maximum atomic E-state index is 13.4. The number of Topliss-reactive ketones (excluding diaryl/α,β-unsaturated/α-hetero) is 1. The molecule has 0 bridgehead atoms. The standard InChI is InChI=1S/C24H24N2O5S/c1-4-31-24(28)21-14(3)25-17-10-16(20-6-5-9-32-20)12-19(27)23(17)22(21)15-8-7-13(2)18(11-15)26(29)30/h5-9,11,16,22,25H,4,10,12H2,1-3H3/t16-,22-/m1/s1. The van der Waals surface area contributed by atoms with Crippen molar-refractivity contribution in [3.05, 3.63) is 84.4 Å². The van der Waals surface area contributed by atoms with E-state index in [-0.39, 0.29) is 24.0 Å². The molecule has 0 saturated heterocycles. The normalized spacial score (nSPS) is 20.7. The lowest BCUT2D eigenvalue weighted by Gasteiger charge is -2.36. The Hall–Kier alpha value is -3.26. The smallest absolute Gasteiger partial charge is 0.336 e. The van der Waals surface area contributed by atoms with Crippen molar-refractivity contribution >= 4 is 28.8 Å². The van der Waals surface area contributed by atoms with E-state index in [0.29, 0.717) is 40.8 Å². The van der Waals surface area contributed by atoms with E-state index in [2.05, 4.69) is 5.32 Å². The molecule has 2 heterocycles. The fourth-order valence-corrected chi connectivity index (χ4v) is 5.41. The van der Waals surface area contributed by atoms with Gasteiger partial charge in [-0.1, -0.05) is 18.2 Å². The number of allylic oxidation sites excluding steroid dienone is 3. The SMILES string of the molecule is CCOC(=O)C1=C(C)NC2=C(C(=O)C[C@H](c3cccs3)C2)[C@@H]1c1ccc(C)c([N+](=O)[O-])c1. The van der Waals surface area contributed by atoms with Gasteiger partial charge in [-0.25, -0.2) is 4.79 Å². The predicted molar refractivity (Wildman–Crippen MR) is 121 cm³/mol. The van der Waals surface area contributed by atoms with E-state index in [1.165, 1.54) is 6.07 Å². The molecule has 0 spiro atoms. The van der Waals surface area contributed by atoms with Crippen LogP contribution in [0.25, 0.3) is 0 Å². The highest BCUT2D eigenvalue weighted by Crippen LogP contribution is 2.46. The van der Waals surface area contributed by atoms with E-state index in [0.717, 1.165) is 10.6 Å². The number of nitrogens with zero attached hydrogens (tertiary/aromatic N) is 1. The van der Waals surface area contributed by atoms with Crippen LogP contribution in [-0.2, 0) is 14.3 Å². The molecular weight excluding hydrogens is 428 g/mol. The maximum absolute atomic E-state index is 13.4. The Morgan fingerprint density at radius 1 is 1.28 bits per heavy atom. The number of hydrogen-bond acceptors (Lipinski definition) is 7. The van der Waals surface area contributed by atoms with Crippen molar-refractivity contribution in [1.82, 2.24) is 5.32 Å². The van der Waals surface area contributed by atoms with Crippen LogP contribution in [-0.4, -0.2) is 23.3 Å². The van der Waals surface area contributed by atoms with Gasteiger partial charge in [-0.15, -0.1) is 11.3 Å². The summed E-state index contributed by atoms with van der Waals surface area (Å²) in [6.45, 7) is 5.36. The minimum Gasteiger partial charge on any atom is -0.463 e. The summed E-state index contributed by atoms with van der Waals surface area (Å²) in [7, 11) is 0. The van der Waals surface area contributed by atoms with E-state index in [4.69, 9.17) is 4.74 Å². The molecule has 1 aromatic heterocycles. The van der Waals surface area contributed by atoms with Gasteiger partial charge in [0.1, 0.15) is 0 Å². The number of thiophene rings is 1. The highest BCUT2D eigenvalue weighted by molar-refractivity contribution is 7.10. The molecule has 2 aromatic rings. The van der Waals surface area contributed by atoms with Crippen molar-refractivity contribution in [2.45, 2.75) is 45.4 Å². The van der Waals surface area contributed by atoms with Crippen molar-refractivity contribution in [3.63, 3.8) is 0 Å². The minimum atomic E-state index is -0.707. The summed E-state index contributed by atoms with van der Waals surface area (Å²) in [5.41, 5.74) is 3.24. The Morgan fingerprint density at radius 2 is 2.06 bits per heavy atom. The number of rotatable bonds is 5. The molecule has 0 saturated carbocycles. The fourth-order valence-electron chi connectivity index (χ4n) is 4.58. The van der Waals surface area contributed by atoms with Crippen LogP contribution in [0, 0.1) is 17.0 Å². The molecular formula is C24H24N2O5S. The number of hydrogen-bond donors (Lipinski definition) is 1. The third-order valence-corrected chi connectivity index (χ3v) is 7.07. The van der Waals surface area contributed by atoms with Crippen LogP contribution in [0.2, 0.25) is 0 Å². The zero-order valence-electron chi connectivity index (χ0n) is 18.1. The highest BCUT2D eigenvalue weighted by Gasteiger charge is 2.42. The molecule has 0 fully saturated rings. The second-order valence-electron chi connectivity index (χ2n) is 8.06. The predicted octanol–water partition coefficient (Wildman–Crippen LogP) is 4.89. The Morgan fingerprint density at radius 3 is 2.72 bits per heavy atom. The first-order valence-electron chi connectivity index (χ1n) is 10.5. The highest BCUT2D eigenvalue weighted by atomic mass is 32.1. The fraction of sp³-hybridized carbons (Fsp3) is 0.333. The number of ether oxygens (including phenoxy) is 1. The van der Waals surface area contributed by atoms with Crippen LogP contribution in [0.3, 0.4) is 0 Å². The molecule has 8 heteroatoms. The molecule has 2 atom stereocenters. The molecule has 166 valence electrons. The van der Waals surface area contributed by atoms with E-state index >= 15 is 0 Å². The summed E-state index contributed by atoms with van der Waals surface area (Å²) in [4.78, 5) is 38.6. The van der Waals surface area contributed by atoms with Gasteiger partial charge in [0.15, 0.2) is 5.78 Å². The molecule has 32 heavy (non-hydrogen) atoms. The summed E-state index contributed by atoms with van der Waals surface area (Å²) >= 11 is 1.62. The van der Waals surface area contributed by atoms with Crippen LogP contribution in [0.4, 0.5) is 5.69 Å². The van der Waals surface area contributed by atoms with Crippen LogP contribution in [0.5, 0.6) is 0 Å². The van der Waals surface area contributed by atoms with Crippen LogP contribution in [0.1, 0.15) is 54.5 Å². The quantitative estimate of drug-likeness (QED) is 0.394. The maximum Gasteiger partial charge on any atom is 0.336 e. The molecule has 1 aromatic carbocycles. The van der Waals surface area contributed by atoms with Crippen molar-refractivity contribution in [3.8, 4) is 0 Å². The van der Waals surface area contributed by atoms with Crippen molar-refractivity contribution in [2.24, 2.45) is 0 Å². The van der Waals surface area contributed by atoms with Gasteiger partial charge in [0.05, 0.1) is 17.1 Å². The number of aryl methyl sites for hydroxylation is 1. The molecule has 0 amide bonds. The van der Waals surface area contributed by atoms with Crippen molar-refractivity contribution in [1.29, 1.82) is 0 Å². The second-order valence-corrected chi connectivity index (χ2v) is 9.04. The lowest BCUT2D eigenvalue weighted by Crippen LogP contribution is -2.36. The summed E-state index contributed by atoms with van der Waals surface area (Å²) < 4.78 is 5.30. The summed E-state index contributed by atoms with van der Waals surface area (Å²) in [6.07, 6.45) is 0.972. The van der Waals surface area contributed by atoms with E-state index in [1.54, 1.807) is 44.2 Å². The third kappa shape index (κ3) is 3.86. The van der Waals surface area contributed by atoms with Gasteiger partial charge in [-0.05, 0) is 44.2 Å². The molecule has 0 unspecified atom stereocenters. The average molecular weight is 453 g/mol. The Bertz CT molecular complexity index is 1160. The van der Waals surface area contributed by atoms with E-state index < -0.39 is 16.8 Å². The number of dihydropyridines is 1. The monoisotopic (exact) mass is 452 g/mol. The largest absolute Gasteiger partial charge is 0.463 e. The van der Waals surface area contributed by atoms with Crippen molar-refractivity contribution in [2.75, 3.05) is 6.61 Å². The van der Waals surface area contributed by atoms with Gasteiger partial charge in [-0.2, -0.15) is 0 Å². The first-order valence-corrected chi connectivity index (χ1v) is 11.4. The van der Waals surface area contributed by atoms with Crippen molar-refractivity contribution < 1.29 is 19.2 Å². The third-order valence-electron chi connectivity index (χ3n) is 6.03. The van der Waals surface area contributed by atoms with Crippen LogP contribution in [0.15, 0.2) is 58.3 Å². The molecule has 2 aliphatic rings. The van der Waals surface area contributed by atoms with Crippen LogP contribution < -0.4 is 5.32 Å². The van der Waals surface area contributed by atoms with Gasteiger partial charge in [-0.3, -0.25) is 14.9 Å². The summed E-state index contributed by atoms with van der Waals surface area (Å²) in [5, 5.41) is 16.9. The number of nitro benzene ring substituents is 1. The molecule has 1 N–H and O–H groups in total. The number of benzene rings is 1. The van der Waals surface area contributed by atoms with Crippen LogP contribution >= 0.6 is 11.3 Å². The number of carbonyl (C=O) groups is 2. The number of esters is 1. The second kappa shape index (κ2) is 8.70. The molecule has 7 nitrogen and oxygen atoms in total. The van der Waals surface area contributed by atoms with Gasteiger partial charge in [0, 0.05) is 51.7 Å². The average Bonchev–Trinajstić information content (AvgIpc) is 3.28. The van der Waals surface area contributed by atoms with E-state index in [1.807, 2.05) is 17.5 Å². The first kappa shape index (κ1) is 22.0. The van der Waals surface area contributed by atoms with E-state index in [9.17, 15) is 19.7 Å². The zero-order chi connectivity index (χ0) is 23.0. The molecule has 4 rings (SSSR count). The molecule has 0 radical (unpaired) electrons. The number of nitrogens with one attached hydrogen (secondary N) is 1. The topological polar surface area (TPSA) is 98.5 Å². The van der Waals surface area contributed by atoms with Gasteiger partial charge < -0.3 is 10.1 Å². The Balaban J connectivity index is 1.86. The molecule has 1 aliphatic heterocycles. The summed E-state index contributed by atoms with van der Waals surface area (Å²) in [6, 6.07) is 8.90. The molecule has 1 aliphatic carbocycles. The Labute approximate surface area is 189 Å². The Kier molecular flexibility index (Phi) is 5.97. The lowest BCUT2D eigenvalue weighted by atomic mass is 9.72. The minimum absolute atomic E-state index is 0.0382. The summed E-state index contributed by atoms with van der Waals surface area (Å²) in [5.74, 6) is -1.22. The number of nitro groups is 1. The van der Waals surface area contributed by atoms with Gasteiger partial charge >= 0.3 is 5.97 Å². The first-order chi connectivity index (χ1) is 15.3.